The van der Waals surface area contributed by atoms with E-state index in [1.54, 1.807) is 24.3 Å². The number of ether oxygens (including phenoxy) is 1. The van der Waals surface area contributed by atoms with Crippen LogP contribution in [0.25, 0.3) is 11.0 Å². The summed E-state index contributed by atoms with van der Waals surface area (Å²) in [6.45, 7) is 0. The average molecular weight is 449 g/mol. The molecule has 1 atom stereocenters. The number of hydrogen-bond acceptors (Lipinski definition) is 8. The number of furan rings is 1. The van der Waals surface area contributed by atoms with Crippen molar-refractivity contribution in [1.29, 1.82) is 0 Å². The van der Waals surface area contributed by atoms with Gasteiger partial charge in [-0.25, -0.2) is 15.0 Å². The smallest absolute Gasteiger partial charge is 0.253 e. The summed E-state index contributed by atoms with van der Waals surface area (Å²) in [6.07, 6.45) is 5.37. The predicted molar refractivity (Wildman–Crippen MR) is 119 cm³/mol. The van der Waals surface area contributed by atoms with Crippen LogP contribution in [0, 0.1) is 0 Å². The second-order valence-electron chi connectivity index (χ2n) is 7.22. The van der Waals surface area contributed by atoms with E-state index < -0.39 is 0 Å². The zero-order valence-electron chi connectivity index (χ0n) is 17.5. The van der Waals surface area contributed by atoms with Crippen molar-refractivity contribution in [2.24, 2.45) is 12.1 Å². The molecule has 0 saturated carbocycles. The van der Waals surface area contributed by atoms with Crippen LogP contribution < -0.4 is 4.74 Å². The lowest BCUT2D eigenvalue weighted by Crippen LogP contribution is -2.28. The maximum absolute atomic E-state index is 13.2. The fraction of sp³-hybridized carbons (Fsp3) is 0.227. The molecule has 0 fully saturated rings. The number of hydrogen-bond donors (Lipinski definition) is 0. The van der Waals surface area contributed by atoms with E-state index in [0.29, 0.717) is 17.2 Å². The minimum Gasteiger partial charge on any atom is -0.497 e. The predicted octanol–water partition coefficient (Wildman–Crippen LogP) is 3.43. The monoisotopic (exact) mass is 448 g/mol. The molecule has 5 rings (SSSR count). The number of aryl methyl sites for hydroxylation is 1. The van der Waals surface area contributed by atoms with Gasteiger partial charge in [0.25, 0.3) is 5.91 Å². The van der Waals surface area contributed by atoms with Crippen LogP contribution in [-0.2, 0) is 11.8 Å². The summed E-state index contributed by atoms with van der Waals surface area (Å²) in [5.41, 5.74) is 2.49. The number of carbonyl (C=O) groups excluding carboxylic acids is 1. The summed E-state index contributed by atoms with van der Waals surface area (Å²) in [4.78, 5) is 21.8. The lowest BCUT2D eigenvalue weighted by molar-refractivity contribution is -0.130. The van der Waals surface area contributed by atoms with E-state index in [9.17, 15) is 4.79 Å². The van der Waals surface area contributed by atoms with E-state index in [2.05, 4.69) is 20.2 Å². The number of methoxy groups -OCH3 is 1. The number of fused-ring (bicyclic) bond motifs is 1. The molecular weight excluding hydrogens is 428 g/mol. The highest BCUT2D eigenvalue weighted by Gasteiger charge is 2.34. The van der Waals surface area contributed by atoms with E-state index in [1.807, 2.05) is 43.4 Å². The maximum atomic E-state index is 13.2. The second-order valence-corrected chi connectivity index (χ2v) is 8.19. The third kappa shape index (κ3) is 3.73. The molecule has 0 spiro atoms. The van der Waals surface area contributed by atoms with Crippen LogP contribution in [0.15, 0.2) is 69.7 Å². The number of aromatic nitrogens is 4. The van der Waals surface area contributed by atoms with Gasteiger partial charge in [-0.1, -0.05) is 11.8 Å². The number of amides is 1. The fourth-order valence-electron chi connectivity index (χ4n) is 3.65. The highest BCUT2D eigenvalue weighted by atomic mass is 32.2. The van der Waals surface area contributed by atoms with Gasteiger partial charge in [-0.2, -0.15) is 10.2 Å². The molecule has 9 nitrogen and oxygen atoms in total. The van der Waals surface area contributed by atoms with Gasteiger partial charge in [-0.15, -0.1) is 0 Å². The van der Waals surface area contributed by atoms with E-state index in [4.69, 9.17) is 9.15 Å². The first kappa shape index (κ1) is 20.3. The third-order valence-electron chi connectivity index (χ3n) is 5.29. The summed E-state index contributed by atoms with van der Waals surface area (Å²) < 4.78 is 12.5. The van der Waals surface area contributed by atoms with Gasteiger partial charge in [-0.05, 0) is 42.0 Å². The van der Waals surface area contributed by atoms with Gasteiger partial charge in [0.15, 0.2) is 5.65 Å². The molecule has 4 aromatic rings. The van der Waals surface area contributed by atoms with Crippen molar-refractivity contribution in [2.45, 2.75) is 17.5 Å². The SMILES string of the molecule is COc1ccc(C2=NN(C(=O)CSc3ncnc4c3cnn4C)[C@@H](c3ccco3)C2)cc1. The highest BCUT2D eigenvalue weighted by molar-refractivity contribution is 8.00. The van der Waals surface area contributed by atoms with Crippen molar-refractivity contribution in [1.82, 2.24) is 24.8 Å². The van der Waals surface area contributed by atoms with Crippen LogP contribution in [0.2, 0.25) is 0 Å². The first-order valence-electron chi connectivity index (χ1n) is 9.97. The molecule has 1 aliphatic rings. The summed E-state index contributed by atoms with van der Waals surface area (Å²) in [7, 11) is 3.45. The van der Waals surface area contributed by atoms with Gasteiger partial charge >= 0.3 is 0 Å². The van der Waals surface area contributed by atoms with E-state index in [1.165, 1.54) is 23.1 Å². The lowest BCUT2D eigenvalue weighted by atomic mass is 10.0. The molecular formula is C22H20N6O3S. The lowest BCUT2D eigenvalue weighted by Gasteiger charge is -2.19. The Bertz CT molecular complexity index is 1280. The Balaban J connectivity index is 1.39. The minimum absolute atomic E-state index is 0.129. The zero-order valence-corrected chi connectivity index (χ0v) is 18.3. The first-order chi connectivity index (χ1) is 15.6. The maximum Gasteiger partial charge on any atom is 0.253 e. The largest absolute Gasteiger partial charge is 0.497 e. The van der Waals surface area contributed by atoms with Gasteiger partial charge < -0.3 is 9.15 Å². The van der Waals surface area contributed by atoms with E-state index in [-0.39, 0.29) is 17.7 Å². The molecule has 0 bridgehead atoms. The molecule has 0 radical (unpaired) electrons. The fourth-order valence-corrected chi connectivity index (χ4v) is 4.47. The quantitative estimate of drug-likeness (QED) is 0.329. The Morgan fingerprint density at radius 1 is 1.25 bits per heavy atom. The number of nitrogens with zero attached hydrogens (tertiary/aromatic N) is 6. The van der Waals surface area contributed by atoms with Crippen molar-refractivity contribution in [2.75, 3.05) is 12.9 Å². The highest BCUT2D eigenvalue weighted by Crippen LogP contribution is 2.34. The Kier molecular flexibility index (Phi) is 5.36. The van der Waals surface area contributed by atoms with Crippen LogP contribution in [0.1, 0.15) is 23.8 Å². The van der Waals surface area contributed by atoms with Crippen LogP contribution in [0.4, 0.5) is 0 Å². The topological polar surface area (TPSA) is 98.6 Å². The van der Waals surface area contributed by atoms with Crippen molar-refractivity contribution < 1.29 is 13.9 Å². The van der Waals surface area contributed by atoms with Gasteiger partial charge in [0, 0.05) is 13.5 Å². The Morgan fingerprint density at radius 3 is 2.84 bits per heavy atom. The summed E-state index contributed by atoms with van der Waals surface area (Å²) in [6, 6.07) is 11.0. The summed E-state index contributed by atoms with van der Waals surface area (Å²) >= 11 is 1.35. The average Bonchev–Trinajstić information content (AvgIpc) is 3.58. The number of hydrazone groups is 1. The van der Waals surface area contributed by atoms with Gasteiger partial charge in [0.2, 0.25) is 0 Å². The van der Waals surface area contributed by atoms with Crippen LogP contribution in [0.5, 0.6) is 5.75 Å². The van der Waals surface area contributed by atoms with Crippen LogP contribution >= 0.6 is 11.8 Å². The minimum atomic E-state index is -0.293. The molecule has 1 amide bonds. The van der Waals surface area contributed by atoms with Crippen LogP contribution in [-0.4, -0.2) is 49.2 Å². The molecule has 10 heteroatoms. The molecule has 4 heterocycles. The van der Waals surface area contributed by atoms with Gasteiger partial charge in [0.05, 0.1) is 36.4 Å². The third-order valence-corrected chi connectivity index (χ3v) is 6.28. The van der Waals surface area contributed by atoms with Crippen molar-refractivity contribution in [3.05, 3.63) is 66.5 Å². The normalized spacial score (nSPS) is 15.9. The second kappa shape index (κ2) is 8.46. The summed E-state index contributed by atoms with van der Waals surface area (Å²) in [5, 5.41) is 11.9. The molecule has 0 N–H and O–H groups in total. The molecule has 32 heavy (non-hydrogen) atoms. The van der Waals surface area contributed by atoms with Crippen LogP contribution in [0.3, 0.4) is 0 Å². The van der Waals surface area contributed by atoms with Gasteiger partial charge in [-0.3, -0.25) is 9.48 Å². The van der Waals surface area contributed by atoms with Crippen molar-refractivity contribution in [3.8, 4) is 5.75 Å². The summed E-state index contributed by atoms with van der Waals surface area (Å²) in [5.74, 6) is 1.52. The Morgan fingerprint density at radius 2 is 2.09 bits per heavy atom. The Labute approximate surface area is 188 Å². The molecule has 162 valence electrons. The molecule has 0 saturated heterocycles. The molecule has 3 aromatic heterocycles. The zero-order chi connectivity index (χ0) is 22.1. The molecule has 0 unspecified atom stereocenters. The number of thioether (sulfide) groups is 1. The molecule has 0 aliphatic carbocycles. The number of carbonyl (C=O) groups is 1. The van der Waals surface area contributed by atoms with Gasteiger partial charge in [0.1, 0.15) is 28.9 Å². The van der Waals surface area contributed by atoms with E-state index >= 15 is 0 Å². The van der Waals surface area contributed by atoms with Crippen molar-refractivity contribution >= 4 is 34.4 Å². The Hall–Kier alpha value is -3.66. The number of rotatable bonds is 6. The van der Waals surface area contributed by atoms with E-state index in [0.717, 1.165) is 28.1 Å². The van der Waals surface area contributed by atoms with Crippen molar-refractivity contribution in [3.63, 3.8) is 0 Å². The first-order valence-corrected chi connectivity index (χ1v) is 11.0. The molecule has 1 aromatic carbocycles. The molecule has 1 aliphatic heterocycles. The number of benzene rings is 1. The standard InChI is InChI=1S/C22H20N6O3S/c1-27-21-16(11-25-27)22(24-13-23-21)32-12-20(29)28-18(19-4-3-9-31-19)10-17(26-28)14-5-7-15(30-2)8-6-14/h3-9,11,13,18H,10,12H2,1-2H3/t18-/m1/s1.